The van der Waals surface area contributed by atoms with Crippen molar-refractivity contribution in [3.05, 3.63) is 40.2 Å². The van der Waals surface area contributed by atoms with Crippen LogP contribution in [0.2, 0.25) is 0 Å². The molecule has 0 aliphatic rings. The molecule has 0 atom stereocenters. The zero-order valence-electron chi connectivity index (χ0n) is 7.78. The van der Waals surface area contributed by atoms with Gasteiger partial charge < -0.3 is 9.63 Å². The van der Waals surface area contributed by atoms with Crippen molar-refractivity contribution in [3.63, 3.8) is 0 Å². The van der Waals surface area contributed by atoms with E-state index < -0.39 is 11.8 Å². The summed E-state index contributed by atoms with van der Waals surface area (Å²) in [5, 5.41) is 12.2. The molecule has 0 radical (unpaired) electrons. The van der Waals surface area contributed by atoms with E-state index >= 15 is 0 Å². The van der Waals surface area contributed by atoms with Gasteiger partial charge in [-0.2, -0.15) is 0 Å². The normalized spacial score (nSPS) is 10.4. The number of benzene rings is 1. The molecule has 1 heterocycles. The van der Waals surface area contributed by atoms with E-state index in [0.717, 1.165) is 6.20 Å². The molecular weight excluding hydrogens is 281 g/mol. The van der Waals surface area contributed by atoms with Crippen LogP contribution >= 0.6 is 15.9 Å². The Morgan fingerprint density at radius 1 is 1.44 bits per heavy atom. The molecule has 0 unspecified atom stereocenters. The van der Waals surface area contributed by atoms with Crippen LogP contribution in [0.25, 0.3) is 11.3 Å². The molecule has 1 N–H and O–H groups in total. The predicted octanol–water partition coefficient (Wildman–Crippen LogP) is 2.94. The van der Waals surface area contributed by atoms with Crippen LogP contribution in [-0.2, 0) is 0 Å². The van der Waals surface area contributed by atoms with E-state index in [0.29, 0.717) is 10.0 Å². The van der Waals surface area contributed by atoms with Gasteiger partial charge in [0, 0.05) is 10.0 Å². The van der Waals surface area contributed by atoms with Gasteiger partial charge >= 0.3 is 5.97 Å². The molecule has 0 spiro atoms. The maximum Gasteiger partial charge on any atom is 0.341 e. The van der Waals surface area contributed by atoms with Gasteiger partial charge in [-0.15, -0.1) is 0 Å². The monoisotopic (exact) mass is 285 g/mol. The summed E-state index contributed by atoms with van der Waals surface area (Å²) < 4.78 is 18.4. The SMILES string of the molecule is O=C(O)c1cnoc1-c1cc(F)cc(Br)c1. The Kier molecular flexibility index (Phi) is 2.74. The van der Waals surface area contributed by atoms with Gasteiger partial charge in [-0.25, -0.2) is 9.18 Å². The molecule has 0 fully saturated rings. The van der Waals surface area contributed by atoms with Crippen LogP contribution in [0.1, 0.15) is 10.4 Å². The van der Waals surface area contributed by atoms with Crippen molar-refractivity contribution in [2.75, 3.05) is 0 Å². The maximum atomic E-state index is 13.1. The van der Waals surface area contributed by atoms with E-state index in [4.69, 9.17) is 9.63 Å². The third-order valence-corrected chi connectivity index (χ3v) is 2.38. The summed E-state index contributed by atoms with van der Waals surface area (Å²) in [5.41, 5.74) is 0.222. The molecule has 0 aliphatic heterocycles. The second-order valence-electron chi connectivity index (χ2n) is 3.03. The van der Waals surface area contributed by atoms with Crippen molar-refractivity contribution in [1.29, 1.82) is 0 Å². The van der Waals surface area contributed by atoms with Gasteiger partial charge in [0.15, 0.2) is 5.76 Å². The molecule has 6 heteroatoms. The molecule has 0 aliphatic carbocycles. The lowest BCUT2D eigenvalue weighted by molar-refractivity contribution is 0.0697. The Labute approximate surface area is 97.8 Å². The summed E-state index contributed by atoms with van der Waals surface area (Å²) in [4.78, 5) is 10.8. The molecular formula is C10H5BrFNO3. The number of hydrogen-bond acceptors (Lipinski definition) is 3. The van der Waals surface area contributed by atoms with Crippen molar-refractivity contribution in [3.8, 4) is 11.3 Å². The Morgan fingerprint density at radius 2 is 2.19 bits per heavy atom. The van der Waals surface area contributed by atoms with Crippen molar-refractivity contribution in [1.82, 2.24) is 5.16 Å². The van der Waals surface area contributed by atoms with Gasteiger partial charge in [0.1, 0.15) is 11.4 Å². The zero-order valence-corrected chi connectivity index (χ0v) is 9.36. The highest BCUT2D eigenvalue weighted by atomic mass is 79.9. The molecule has 82 valence electrons. The summed E-state index contributed by atoms with van der Waals surface area (Å²) in [6.45, 7) is 0. The molecule has 0 bridgehead atoms. The first kappa shape index (κ1) is 10.8. The first-order chi connectivity index (χ1) is 7.58. The van der Waals surface area contributed by atoms with Crippen LogP contribution in [-0.4, -0.2) is 16.2 Å². The number of hydrogen-bond donors (Lipinski definition) is 1. The largest absolute Gasteiger partial charge is 0.477 e. The highest BCUT2D eigenvalue weighted by molar-refractivity contribution is 9.10. The Balaban J connectivity index is 2.58. The topological polar surface area (TPSA) is 63.3 Å². The van der Waals surface area contributed by atoms with Gasteiger partial charge in [-0.1, -0.05) is 21.1 Å². The molecule has 4 nitrogen and oxygen atoms in total. The number of nitrogens with zero attached hydrogens (tertiary/aromatic N) is 1. The quantitative estimate of drug-likeness (QED) is 0.921. The van der Waals surface area contributed by atoms with Crippen molar-refractivity contribution in [2.45, 2.75) is 0 Å². The third-order valence-electron chi connectivity index (χ3n) is 1.93. The van der Waals surface area contributed by atoms with Crippen LogP contribution in [0.5, 0.6) is 0 Å². The number of halogens is 2. The number of aromatic carboxylic acids is 1. The number of aromatic nitrogens is 1. The molecule has 0 amide bonds. The van der Waals surface area contributed by atoms with E-state index in [9.17, 15) is 9.18 Å². The van der Waals surface area contributed by atoms with Gasteiger partial charge in [0.2, 0.25) is 0 Å². The number of rotatable bonds is 2. The fraction of sp³-hybridized carbons (Fsp3) is 0. The van der Waals surface area contributed by atoms with Crippen LogP contribution in [0.3, 0.4) is 0 Å². The summed E-state index contributed by atoms with van der Waals surface area (Å²) in [7, 11) is 0. The fourth-order valence-corrected chi connectivity index (χ4v) is 1.75. The molecule has 2 aromatic rings. The minimum absolute atomic E-state index is 0.0349. The summed E-state index contributed by atoms with van der Waals surface area (Å²) >= 11 is 3.11. The van der Waals surface area contributed by atoms with E-state index in [1.54, 1.807) is 6.07 Å². The molecule has 0 saturated carbocycles. The fourth-order valence-electron chi connectivity index (χ4n) is 1.29. The first-order valence-corrected chi connectivity index (χ1v) is 5.01. The van der Waals surface area contributed by atoms with Crippen molar-refractivity contribution in [2.24, 2.45) is 0 Å². The van der Waals surface area contributed by atoms with Gasteiger partial charge in [-0.05, 0) is 18.2 Å². The van der Waals surface area contributed by atoms with Crippen LogP contribution in [0.15, 0.2) is 33.4 Å². The average molecular weight is 286 g/mol. The standard InChI is InChI=1S/C10H5BrFNO3/c11-6-1-5(2-7(12)3-6)9-8(10(14)15)4-13-16-9/h1-4H,(H,14,15). The molecule has 2 rings (SSSR count). The zero-order chi connectivity index (χ0) is 11.7. The Morgan fingerprint density at radius 3 is 2.81 bits per heavy atom. The van der Waals surface area contributed by atoms with Gasteiger partial charge in [-0.3, -0.25) is 0 Å². The number of carbonyl (C=O) groups is 1. The minimum Gasteiger partial charge on any atom is -0.477 e. The highest BCUT2D eigenvalue weighted by Crippen LogP contribution is 2.27. The van der Waals surface area contributed by atoms with Crippen LogP contribution in [0.4, 0.5) is 4.39 Å². The molecule has 1 aromatic carbocycles. The second-order valence-corrected chi connectivity index (χ2v) is 3.95. The highest BCUT2D eigenvalue weighted by Gasteiger charge is 2.17. The van der Waals surface area contributed by atoms with E-state index in [-0.39, 0.29) is 11.3 Å². The average Bonchev–Trinajstić information content (AvgIpc) is 2.63. The lowest BCUT2D eigenvalue weighted by Crippen LogP contribution is -1.96. The van der Waals surface area contributed by atoms with E-state index in [2.05, 4.69) is 21.1 Å². The lowest BCUT2D eigenvalue weighted by atomic mass is 10.1. The first-order valence-electron chi connectivity index (χ1n) is 4.22. The minimum atomic E-state index is -1.17. The lowest BCUT2D eigenvalue weighted by Gasteiger charge is -1.99. The second kappa shape index (κ2) is 4.05. The van der Waals surface area contributed by atoms with Crippen molar-refractivity contribution < 1.29 is 18.8 Å². The molecule has 0 saturated heterocycles. The van der Waals surface area contributed by atoms with Crippen LogP contribution < -0.4 is 0 Å². The van der Waals surface area contributed by atoms with Gasteiger partial charge in [0.05, 0.1) is 6.20 Å². The van der Waals surface area contributed by atoms with E-state index in [1.807, 2.05) is 0 Å². The smallest absolute Gasteiger partial charge is 0.341 e. The number of carboxylic acids is 1. The Bertz CT molecular complexity index is 532. The third kappa shape index (κ3) is 1.96. The van der Waals surface area contributed by atoms with E-state index in [1.165, 1.54) is 12.1 Å². The maximum absolute atomic E-state index is 13.1. The molecule has 16 heavy (non-hydrogen) atoms. The van der Waals surface area contributed by atoms with Gasteiger partial charge in [0.25, 0.3) is 0 Å². The van der Waals surface area contributed by atoms with Crippen molar-refractivity contribution >= 4 is 21.9 Å². The summed E-state index contributed by atoms with van der Waals surface area (Å²) in [5.74, 6) is -1.62. The number of carboxylic acid groups (broad SMARTS) is 1. The summed E-state index contributed by atoms with van der Waals surface area (Å²) in [6.07, 6.45) is 1.08. The predicted molar refractivity (Wildman–Crippen MR) is 56.6 cm³/mol. The Hall–Kier alpha value is -1.69. The van der Waals surface area contributed by atoms with Crippen LogP contribution in [0, 0.1) is 5.82 Å². The molecule has 1 aromatic heterocycles. The summed E-state index contributed by atoms with van der Waals surface area (Å²) in [6, 6.07) is 3.99.